The Morgan fingerprint density at radius 2 is 1.61 bits per heavy atom. The lowest BCUT2D eigenvalue weighted by Crippen LogP contribution is -2.41. The van der Waals surface area contributed by atoms with Gasteiger partial charge in [-0.15, -0.1) is 0 Å². The Morgan fingerprint density at radius 1 is 0.935 bits per heavy atom. The van der Waals surface area contributed by atoms with E-state index in [1.54, 1.807) is 55.5 Å². The first-order valence-corrected chi connectivity index (χ1v) is 10.4. The molecule has 0 saturated carbocycles. The van der Waals surface area contributed by atoms with Crippen LogP contribution >= 0.6 is 0 Å². The Balaban J connectivity index is 1.54. The summed E-state index contributed by atoms with van der Waals surface area (Å²) in [5.41, 5.74) is 0.649. The lowest BCUT2D eigenvalue weighted by molar-refractivity contribution is -0.116. The molecule has 4 rings (SSSR count). The van der Waals surface area contributed by atoms with E-state index in [0.29, 0.717) is 22.2 Å². The number of amides is 2. The zero-order valence-electron chi connectivity index (χ0n) is 17.3. The van der Waals surface area contributed by atoms with E-state index in [2.05, 4.69) is 5.32 Å². The monoisotopic (exact) mass is 420 g/mol. The Hall–Kier alpha value is -3.68. The number of para-hydroxylation sites is 1. The number of anilines is 1. The number of carbonyl (C=O) groups excluding carboxylic acids is 2. The largest absolute Gasteiger partial charge is 0.339 e. The van der Waals surface area contributed by atoms with Crippen molar-refractivity contribution in [3.63, 3.8) is 0 Å². The zero-order valence-corrected chi connectivity index (χ0v) is 17.3. The second-order valence-electron chi connectivity index (χ2n) is 7.56. The summed E-state index contributed by atoms with van der Waals surface area (Å²) in [5, 5.41) is 3.15. The topological polar surface area (TPSA) is 93.4 Å². The second-order valence-corrected chi connectivity index (χ2v) is 7.56. The fraction of sp³-hybridized carbons (Fsp3) is 0.304. The van der Waals surface area contributed by atoms with Crippen LogP contribution in [0, 0.1) is 0 Å². The van der Waals surface area contributed by atoms with E-state index in [4.69, 9.17) is 0 Å². The third-order valence-electron chi connectivity index (χ3n) is 5.56. The van der Waals surface area contributed by atoms with Gasteiger partial charge in [-0.25, -0.2) is 4.79 Å². The highest BCUT2D eigenvalue weighted by molar-refractivity contribution is 5.96. The third kappa shape index (κ3) is 4.01. The van der Waals surface area contributed by atoms with Gasteiger partial charge in [0.15, 0.2) is 0 Å². The number of carbonyl (C=O) groups is 2. The summed E-state index contributed by atoms with van der Waals surface area (Å²) in [6, 6.07) is 13.5. The molecule has 31 heavy (non-hydrogen) atoms. The van der Waals surface area contributed by atoms with Gasteiger partial charge in [-0.1, -0.05) is 12.1 Å². The molecular formula is C23H24N4O4. The molecule has 0 aliphatic carbocycles. The van der Waals surface area contributed by atoms with Crippen LogP contribution in [-0.4, -0.2) is 38.9 Å². The van der Waals surface area contributed by atoms with E-state index < -0.39 is 11.6 Å². The molecule has 2 heterocycles. The summed E-state index contributed by atoms with van der Waals surface area (Å²) in [5.74, 6) is -0.401. The molecule has 8 nitrogen and oxygen atoms in total. The van der Waals surface area contributed by atoms with Crippen molar-refractivity contribution in [3.8, 4) is 0 Å². The summed E-state index contributed by atoms with van der Waals surface area (Å²) < 4.78 is 2.43. The highest BCUT2D eigenvalue weighted by atomic mass is 16.2. The Labute approximate surface area is 178 Å². The Bertz CT molecular complexity index is 1250. The first-order chi connectivity index (χ1) is 15.0. The van der Waals surface area contributed by atoms with Crippen LogP contribution in [-0.2, 0) is 17.9 Å². The van der Waals surface area contributed by atoms with Crippen molar-refractivity contribution in [2.24, 2.45) is 0 Å². The molecule has 0 atom stereocenters. The zero-order chi connectivity index (χ0) is 22.0. The van der Waals surface area contributed by atoms with Gasteiger partial charge in [0, 0.05) is 30.9 Å². The van der Waals surface area contributed by atoms with Crippen molar-refractivity contribution in [1.82, 2.24) is 14.0 Å². The fourth-order valence-corrected chi connectivity index (χ4v) is 3.95. The van der Waals surface area contributed by atoms with Gasteiger partial charge in [0.25, 0.3) is 11.5 Å². The van der Waals surface area contributed by atoms with Crippen molar-refractivity contribution < 1.29 is 9.59 Å². The lowest BCUT2D eigenvalue weighted by Gasteiger charge is -2.15. The average molecular weight is 420 g/mol. The Kier molecular flexibility index (Phi) is 5.70. The minimum Gasteiger partial charge on any atom is -0.339 e. The minimum absolute atomic E-state index is 0.00442. The van der Waals surface area contributed by atoms with E-state index in [1.165, 1.54) is 4.57 Å². The normalized spacial score (nSPS) is 13.5. The summed E-state index contributed by atoms with van der Waals surface area (Å²) >= 11 is 0. The smallest absolute Gasteiger partial charge is 0.331 e. The summed E-state index contributed by atoms with van der Waals surface area (Å²) in [7, 11) is 0. The molecular weight excluding hydrogens is 396 g/mol. The van der Waals surface area contributed by atoms with E-state index in [9.17, 15) is 19.2 Å². The van der Waals surface area contributed by atoms with Crippen LogP contribution in [0.25, 0.3) is 10.9 Å². The molecule has 1 aliphatic heterocycles. The van der Waals surface area contributed by atoms with Crippen molar-refractivity contribution in [2.45, 2.75) is 32.9 Å². The molecule has 3 aromatic rings. The Morgan fingerprint density at radius 3 is 2.29 bits per heavy atom. The molecule has 1 aromatic heterocycles. The van der Waals surface area contributed by atoms with Crippen molar-refractivity contribution in [2.75, 3.05) is 18.4 Å². The van der Waals surface area contributed by atoms with Gasteiger partial charge < -0.3 is 10.2 Å². The molecule has 1 N–H and O–H groups in total. The lowest BCUT2D eigenvalue weighted by atomic mass is 10.2. The quantitative estimate of drug-likeness (QED) is 0.684. The standard InChI is InChI=1S/C23H24N4O4/c1-2-26-22(30)18-7-3-4-8-19(18)27(23(26)31)15-20(28)24-17-11-9-16(10-12-17)21(29)25-13-5-6-14-25/h3-4,7-12H,2,5-6,13-15H2,1H3,(H,24,28). The summed E-state index contributed by atoms with van der Waals surface area (Å²) in [6.45, 7) is 3.26. The van der Waals surface area contributed by atoms with Gasteiger partial charge in [-0.3, -0.25) is 23.5 Å². The molecule has 0 bridgehead atoms. The van der Waals surface area contributed by atoms with E-state index in [-0.39, 0.29) is 24.6 Å². The highest BCUT2D eigenvalue weighted by Gasteiger charge is 2.19. The van der Waals surface area contributed by atoms with Gasteiger partial charge in [0.05, 0.1) is 10.9 Å². The number of fused-ring (bicyclic) bond motifs is 1. The number of rotatable bonds is 5. The number of benzene rings is 2. The van der Waals surface area contributed by atoms with Crippen molar-refractivity contribution in [3.05, 3.63) is 74.9 Å². The van der Waals surface area contributed by atoms with Gasteiger partial charge in [-0.2, -0.15) is 0 Å². The third-order valence-corrected chi connectivity index (χ3v) is 5.56. The number of hydrogen-bond donors (Lipinski definition) is 1. The summed E-state index contributed by atoms with van der Waals surface area (Å²) in [4.78, 5) is 52.2. The van der Waals surface area contributed by atoms with Crippen molar-refractivity contribution >= 4 is 28.4 Å². The first-order valence-electron chi connectivity index (χ1n) is 10.4. The minimum atomic E-state index is -0.520. The fourth-order valence-electron chi connectivity index (χ4n) is 3.95. The van der Waals surface area contributed by atoms with E-state index in [0.717, 1.165) is 30.5 Å². The molecule has 2 aromatic carbocycles. The van der Waals surface area contributed by atoms with E-state index >= 15 is 0 Å². The van der Waals surface area contributed by atoms with Crippen LogP contribution in [0.15, 0.2) is 58.1 Å². The van der Waals surface area contributed by atoms with Crippen LogP contribution in [0.4, 0.5) is 5.69 Å². The molecule has 1 saturated heterocycles. The molecule has 1 fully saturated rings. The maximum absolute atomic E-state index is 12.8. The van der Waals surface area contributed by atoms with Gasteiger partial charge in [0.1, 0.15) is 6.54 Å². The predicted octanol–water partition coefficient (Wildman–Crippen LogP) is 2.06. The van der Waals surface area contributed by atoms with Gasteiger partial charge in [0.2, 0.25) is 5.91 Å². The van der Waals surface area contributed by atoms with Crippen molar-refractivity contribution in [1.29, 1.82) is 0 Å². The SMILES string of the molecule is CCn1c(=O)c2ccccc2n(CC(=O)Nc2ccc(C(=O)N3CCCC3)cc2)c1=O. The number of aromatic nitrogens is 2. The van der Waals surface area contributed by atoms with Gasteiger partial charge in [-0.05, 0) is 56.2 Å². The van der Waals surface area contributed by atoms with Crippen LogP contribution in [0.2, 0.25) is 0 Å². The molecule has 2 amide bonds. The molecule has 8 heteroatoms. The van der Waals surface area contributed by atoms with E-state index in [1.807, 2.05) is 4.90 Å². The molecule has 1 aliphatic rings. The average Bonchev–Trinajstić information content (AvgIpc) is 3.32. The predicted molar refractivity (Wildman–Crippen MR) is 118 cm³/mol. The number of likely N-dealkylation sites (tertiary alicyclic amines) is 1. The molecule has 0 spiro atoms. The van der Waals surface area contributed by atoms with Crippen LogP contribution in [0.5, 0.6) is 0 Å². The molecule has 0 radical (unpaired) electrons. The number of nitrogens with zero attached hydrogens (tertiary/aromatic N) is 3. The number of hydrogen-bond acceptors (Lipinski definition) is 4. The van der Waals surface area contributed by atoms with Crippen LogP contribution in [0.3, 0.4) is 0 Å². The summed E-state index contributed by atoms with van der Waals surface area (Å²) in [6.07, 6.45) is 2.05. The van der Waals surface area contributed by atoms with Crippen LogP contribution < -0.4 is 16.6 Å². The maximum atomic E-state index is 12.8. The van der Waals surface area contributed by atoms with Gasteiger partial charge >= 0.3 is 5.69 Å². The first kappa shape index (κ1) is 20.6. The van der Waals surface area contributed by atoms with Crippen LogP contribution in [0.1, 0.15) is 30.1 Å². The second kappa shape index (κ2) is 8.59. The molecule has 0 unspecified atom stereocenters. The highest BCUT2D eigenvalue weighted by Crippen LogP contribution is 2.16. The number of nitrogens with one attached hydrogen (secondary N) is 1. The molecule has 160 valence electrons. The maximum Gasteiger partial charge on any atom is 0.331 e.